The standard InChI is InChI=1S/C21H25NS.C4H6O6/c1-6-14-22(15-7-1)16-8-11-17-18-9-2-4-12-20(18)23-21-13-5-3-10-19(17)21;5-1(3(7)8)2(6)4(9)10/h2-5,9-10,12-13,17H,1,6-8,11,14-16H2;1-2,5-6H,(H,7,8)(H,9,10). The summed E-state index contributed by atoms with van der Waals surface area (Å²) in [4.78, 5) is 25.1. The highest BCUT2D eigenvalue weighted by molar-refractivity contribution is 7.99. The zero-order valence-corrected chi connectivity index (χ0v) is 19.3. The van der Waals surface area contributed by atoms with Gasteiger partial charge in [-0.25, -0.2) is 9.59 Å². The fourth-order valence-electron chi connectivity index (χ4n) is 4.29. The summed E-state index contributed by atoms with van der Waals surface area (Å²) < 4.78 is 0. The summed E-state index contributed by atoms with van der Waals surface area (Å²) >= 11 is 1.94. The predicted molar refractivity (Wildman–Crippen MR) is 126 cm³/mol. The molecule has 0 aliphatic carbocycles. The molecule has 0 bridgehead atoms. The van der Waals surface area contributed by atoms with Crippen molar-refractivity contribution in [3.8, 4) is 0 Å². The quantitative estimate of drug-likeness (QED) is 0.483. The van der Waals surface area contributed by atoms with Crippen molar-refractivity contribution >= 4 is 23.7 Å². The number of rotatable bonds is 7. The molecule has 0 radical (unpaired) electrons. The molecule has 2 aliphatic heterocycles. The number of carbonyl (C=O) groups is 2. The summed E-state index contributed by atoms with van der Waals surface area (Å²) in [5.41, 5.74) is 3.07. The van der Waals surface area contributed by atoms with E-state index in [1.165, 1.54) is 72.7 Å². The number of piperidine rings is 1. The molecule has 0 saturated carbocycles. The number of aliphatic hydroxyl groups is 2. The number of aliphatic hydroxyl groups excluding tert-OH is 2. The van der Waals surface area contributed by atoms with Crippen LogP contribution in [0.3, 0.4) is 0 Å². The van der Waals surface area contributed by atoms with Crippen LogP contribution >= 0.6 is 11.8 Å². The molecular formula is C25H31NO6S. The van der Waals surface area contributed by atoms with Crippen LogP contribution in [-0.4, -0.2) is 69.1 Å². The molecule has 178 valence electrons. The van der Waals surface area contributed by atoms with E-state index in [4.69, 9.17) is 20.4 Å². The summed E-state index contributed by atoms with van der Waals surface area (Å²) in [6.07, 6.45) is 2.26. The van der Waals surface area contributed by atoms with Crippen LogP contribution in [0.2, 0.25) is 0 Å². The van der Waals surface area contributed by atoms with Crippen LogP contribution in [0, 0.1) is 0 Å². The van der Waals surface area contributed by atoms with Crippen molar-refractivity contribution in [2.45, 2.75) is 60.0 Å². The average molecular weight is 474 g/mol. The first-order chi connectivity index (χ1) is 15.9. The molecule has 2 aliphatic rings. The van der Waals surface area contributed by atoms with E-state index in [0.717, 1.165) is 0 Å². The third-order valence-electron chi connectivity index (χ3n) is 6.03. The van der Waals surface area contributed by atoms with E-state index in [1.807, 2.05) is 11.8 Å². The average Bonchev–Trinajstić information content (AvgIpc) is 2.83. The van der Waals surface area contributed by atoms with Gasteiger partial charge in [0.15, 0.2) is 12.2 Å². The Bertz CT molecular complexity index is 882. The van der Waals surface area contributed by atoms with Crippen LogP contribution in [0.25, 0.3) is 0 Å². The fourth-order valence-corrected chi connectivity index (χ4v) is 5.48. The maximum absolute atomic E-state index is 9.77. The zero-order valence-electron chi connectivity index (χ0n) is 18.5. The minimum atomic E-state index is -2.27. The highest BCUT2D eigenvalue weighted by Crippen LogP contribution is 2.47. The number of nitrogens with zero attached hydrogens (tertiary/aromatic N) is 1. The van der Waals surface area contributed by atoms with Crippen LogP contribution in [0.5, 0.6) is 0 Å². The summed E-state index contributed by atoms with van der Waals surface area (Å²) in [6.45, 7) is 3.90. The Hall–Kier alpha value is -2.39. The summed E-state index contributed by atoms with van der Waals surface area (Å²) in [5.74, 6) is -2.96. The maximum Gasteiger partial charge on any atom is 0.335 e. The topological polar surface area (TPSA) is 118 Å². The molecule has 1 saturated heterocycles. The molecule has 2 aromatic carbocycles. The SMILES string of the molecule is O=C(O)C(O)C(O)C(=O)O.c1ccc2c(c1)Sc1ccccc1C2CCCN1CCCCC1. The van der Waals surface area contributed by atoms with E-state index >= 15 is 0 Å². The highest BCUT2D eigenvalue weighted by Gasteiger charge is 2.29. The highest BCUT2D eigenvalue weighted by atomic mass is 32.2. The van der Waals surface area contributed by atoms with Gasteiger partial charge in [-0.15, -0.1) is 0 Å². The number of carboxylic acids is 2. The number of hydrogen-bond donors (Lipinski definition) is 4. The molecule has 0 aromatic heterocycles. The Kier molecular flexibility index (Phi) is 9.31. The summed E-state index contributed by atoms with van der Waals surface area (Å²) in [5, 5.41) is 32.5. The van der Waals surface area contributed by atoms with E-state index in [9.17, 15) is 9.59 Å². The van der Waals surface area contributed by atoms with Gasteiger partial charge in [0, 0.05) is 15.7 Å². The number of aliphatic carboxylic acids is 2. The minimum absolute atomic E-state index is 0.577. The lowest BCUT2D eigenvalue weighted by molar-refractivity contribution is -0.165. The molecule has 4 N–H and O–H groups in total. The lowest BCUT2D eigenvalue weighted by Gasteiger charge is -2.30. The van der Waals surface area contributed by atoms with E-state index in [1.54, 1.807) is 0 Å². The Labute approximate surface area is 198 Å². The van der Waals surface area contributed by atoms with Gasteiger partial charge in [-0.1, -0.05) is 54.6 Å². The van der Waals surface area contributed by atoms with Crippen LogP contribution in [0.4, 0.5) is 0 Å². The van der Waals surface area contributed by atoms with Gasteiger partial charge in [0.05, 0.1) is 0 Å². The fraction of sp³-hybridized carbons (Fsp3) is 0.440. The van der Waals surface area contributed by atoms with Gasteiger partial charge < -0.3 is 25.3 Å². The first-order valence-electron chi connectivity index (χ1n) is 11.3. The second-order valence-corrected chi connectivity index (χ2v) is 9.42. The van der Waals surface area contributed by atoms with Crippen LogP contribution < -0.4 is 0 Å². The van der Waals surface area contributed by atoms with Crippen molar-refractivity contribution in [3.05, 3.63) is 59.7 Å². The van der Waals surface area contributed by atoms with Gasteiger partial charge in [0.25, 0.3) is 0 Å². The molecule has 2 heterocycles. The first-order valence-corrected chi connectivity index (χ1v) is 12.1. The molecule has 2 aromatic rings. The second kappa shape index (κ2) is 12.2. The van der Waals surface area contributed by atoms with Crippen LogP contribution in [-0.2, 0) is 9.59 Å². The Balaban J connectivity index is 0.000000262. The summed E-state index contributed by atoms with van der Waals surface area (Å²) in [7, 11) is 0. The number of likely N-dealkylation sites (tertiary alicyclic amines) is 1. The van der Waals surface area contributed by atoms with Crippen molar-refractivity contribution in [1.82, 2.24) is 4.90 Å². The smallest absolute Gasteiger partial charge is 0.335 e. The van der Waals surface area contributed by atoms with E-state index in [0.29, 0.717) is 5.92 Å². The molecule has 2 atom stereocenters. The lowest BCUT2D eigenvalue weighted by atomic mass is 9.87. The molecule has 4 rings (SSSR count). The molecule has 0 spiro atoms. The van der Waals surface area contributed by atoms with Gasteiger partial charge in [-0.3, -0.25) is 0 Å². The first kappa shape index (κ1) is 25.2. The van der Waals surface area contributed by atoms with Gasteiger partial charge in [-0.2, -0.15) is 0 Å². The van der Waals surface area contributed by atoms with Crippen molar-refractivity contribution < 1.29 is 30.0 Å². The van der Waals surface area contributed by atoms with E-state index < -0.39 is 24.1 Å². The van der Waals surface area contributed by atoms with Gasteiger partial charge in [0.1, 0.15) is 0 Å². The second-order valence-electron chi connectivity index (χ2n) is 8.34. The van der Waals surface area contributed by atoms with Crippen LogP contribution in [0.1, 0.15) is 49.1 Å². The number of fused-ring (bicyclic) bond motifs is 2. The van der Waals surface area contributed by atoms with Crippen molar-refractivity contribution in [2.75, 3.05) is 19.6 Å². The summed E-state index contributed by atoms with van der Waals surface area (Å²) in [6, 6.07) is 18.0. The van der Waals surface area contributed by atoms with Gasteiger partial charge in [0.2, 0.25) is 0 Å². The molecule has 0 amide bonds. The van der Waals surface area contributed by atoms with E-state index in [2.05, 4.69) is 53.4 Å². The van der Waals surface area contributed by atoms with Crippen molar-refractivity contribution in [3.63, 3.8) is 0 Å². The zero-order chi connectivity index (χ0) is 23.8. The molecular weight excluding hydrogens is 442 g/mol. The lowest BCUT2D eigenvalue weighted by Crippen LogP contribution is -2.39. The number of hydrogen-bond acceptors (Lipinski definition) is 6. The van der Waals surface area contributed by atoms with E-state index in [-0.39, 0.29) is 0 Å². The number of benzene rings is 2. The van der Waals surface area contributed by atoms with Gasteiger partial charge >= 0.3 is 11.9 Å². The predicted octanol–water partition coefficient (Wildman–Crippen LogP) is 3.43. The molecule has 2 unspecified atom stereocenters. The minimum Gasteiger partial charge on any atom is -0.479 e. The third-order valence-corrected chi connectivity index (χ3v) is 7.21. The Morgan fingerprint density at radius 3 is 1.82 bits per heavy atom. The Morgan fingerprint density at radius 1 is 0.848 bits per heavy atom. The molecule has 33 heavy (non-hydrogen) atoms. The largest absolute Gasteiger partial charge is 0.479 e. The normalized spacial score (nSPS) is 17.6. The maximum atomic E-state index is 9.77. The third kappa shape index (κ3) is 6.80. The number of carboxylic acid groups (broad SMARTS) is 2. The molecule has 7 nitrogen and oxygen atoms in total. The van der Waals surface area contributed by atoms with Gasteiger partial charge in [-0.05, 0) is 68.6 Å². The Morgan fingerprint density at radius 2 is 1.33 bits per heavy atom. The van der Waals surface area contributed by atoms with Crippen LogP contribution in [0.15, 0.2) is 58.3 Å². The molecule has 8 heteroatoms. The molecule has 1 fully saturated rings. The van der Waals surface area contributed by atoms with Crippen molar-refractivity contribution in [1.29, 1.82) is 0 Å². The van der Waals surface area contributed by atoms with Crippen molar-refractivity contribution in [2.24, 2.45) is 0 Å². The monoisotopic (exact) mass is 473 g/mol.